The molecule has 3 amide bonds. The van der Waals surface area contributed by atoms with E-state index >= 15 is 0 Å². The highest BCUT2D eigenvalue weighted by Gasteiger charge is 2.71. The summed E-state index contributed by atoms with van der Waals surface area (Å²) < 4.78 is 0. The van der Waals surface area contributed by atoms with Crippen molar-refractivity contribution in [1.29, 1.82) is 0 Å². The van der Waals surface area contributed by atoms with Crippen molar-refractivity contribution in [3.05, 3.63) is 131 Å². The predicted octanol–water partition coefficient (Wildman–Crippen LogP) is 5.10. The van der Waals surface area contributed by atoms with Crippen molar-refractivity contribution in [2.24, 2.45) is 11.8 Å². The minimum absolute atomic E-state index is 0.211. The molecule has 0 aliphatic carbocycles. The van der Waals surface area contributed by atoms with Crippen molar-refractivity contribution >= 4 is 40.7 Å². The third kappa shape index (κ3) is 3.64. The van der Waals surface area contributed by atoms with Gasteiger partial charge in [0.05, 0.1) is 24.1 Å². The van der Waals surface area contributed by atoms with E-state index < -0.39 is 23.4 Å². The molecule has 1 N–H and O–H groups in total. The van der Waals surface area contributed by atoms with E-state index in [4.69, 9.17) is 11.6 Å². The van der Waals surface area contributed by atoms with Crippen LogP contribution < -0.4 is 15.1 Å². The van der Waals surface area contributed by atoms with Gasteiger partial charge in [-0.25, -0.2) is 4.90 Å². The van der Waals surface area contributed by atoms with Gasteiger partial charge >= 0.3 is 0 Å². The van der Waals surface area contributed by atoms with Crippen molar-refractivity contribution < 1.29 is 14.4 Å². The number of carbonyl (C=O) groups excluding carboxylic acids is 3. The Morgan fingerprint density at radius 1 is 0.750 bits per heavy atom. The fourth-order valence-electron chi connectivity index (χ4n) is 6.78. The number of nitrogens with zero attached hydrogens (tertiary/aromatic N) is 2. The number of benzene rings is 4. The fraction of sp³-hybridized carbons (Fsp3) is 0.182. The van der Waals surface area contributed by atoms with Gasteiger partial charge in [0.1, 0.15) is 5.54 Å². The second-order valence-corrected chi connectivity index (χ2v) is 11.1. The van der Waals surface area contributed by atoms with Crippen LogP contribution in [-0.2, 0) is 32.9 Å². The van der Waals surface area contributed by atoms with E-state index in [2.05, 4.69) is 5.32 Å². The Balaban J connectivity index is 1.37. The smallest absolute Gasteiger partial charge is 0.253 e. The summed E-state index contributed by atoms with van der Waals surface area (Å²) in [5.74, 6) is -2.53. The summed E-state index contributed by atoms with van der Waals surface area (Å²) in [6.45, 7) is 0.362. The third-order valence-corrected chi connectivity index (χ3v) is 8.65. The van der Waals surface area contributed by atoms with Crippen LogP contribution in [-0.4, -0.2) is 23.8 Å². The first-order valence-corrected chi connectivity index (χ1v) is 13.8. The maximum Gasteiger partial charge on any atom is 0.253 e. The van der Waals surface area contributed by atoms with E-state index in [0.29, 0.717) is 23.7 Å². The highest BCUT2D eigenvalue weighted by molar-refractivity contribution is 6.31. The lowest BCUT2D eigenvalue weighted by Gasteiger charge is -2.31. The summed E-state index contributed by atoms with van der Waals surface area (Å²) in [5.41, 5.74) is 2.55. The zero-order valence-corrected chi connectivity index (χ0v) is 22.3. The van der Waals surface area contributed by atoms with Gasteiger partial charge in [0.25, 0.3) is 5.91 Å². The van der Waals surface area contributed by atoms with Crippen LogP contribution in [0, 0.1) is 11.8 Å². The number of amides is 3. The molecule has 4 atom stereocenters. The van der Waals surface area contributed by atoms with Crippen LogP contribution in [0.5, 0.6) is 0 Å². The molecule has 3 aliphatic rings. The molecule has 0 radical (unpaired) electrons. The molecule has 0 aromatic heterocycles. The Kier molecular flexibility index (Phi) is 5.84. The summed E-state index contributed by atoms with van der Waals surface area (Å²) in [4.78, 5) is 46.1. The Labute approximate surface area is 237 Å². The highest BCUT2D eigenvalue weighted by Crippen LogP contribution is 2.55. The van der Waals surface area contributed by atoms with E-state index in [9.17, 15) is 14.4 Å². The summed E-state index contributed by atoms with van der Waals surface area (Å²) in [5, 5.41) is 4.03. The summed E-state index contributed by atoms with van der Waals surface area (Å²) in [6, 6.07) is 33.6. The van der Waals surface area contributed by atoms with E-state index in [-0.39, 0.29) is 17.7 Å². The lowest BCUT2D eigenvalue weighted by Crippen LogP contribution is -2.55. The van der Waals surface area contributed by atoms with Crippen molar-refractivity contribution in [2.75, 3.05) is 9.80 Å². The van der Waals surface area contributed by atoms with Crippen molar-refractivity contribution in [3.63, 3.8) is 0 Å². The minimum atomic E-state index is -1.37. The molecule has 4 aromatic carbocycles. The standard InChI is InChI=1S/C33H26ClN3O3/c34-23-14-9-15-24(19-23)37-30(38)28-26(18-21-10-3-1-4-11-21)35-33(29(28)31(37)39)25-16-7-8-17-27(25)36(32(33)40)20-22-12-5-2-6-13-22/h1-17,19,26,28-29,35H,18,20H2/t26-,28+,29-,33-/m0/s1. The molecule has 198 valence electrons. The maximum absolute atomic E-state index is 14.6. The molecule has 6 nitrogen and oxygen atoms in total. The van der Waals surface area contributed by atoms with Crippen LogP contribution >= 0.6 is 11.6 Å². The van der Waals surface area contributed by atoms with Gasteiger partial charge < -0.3 is 4.90 Å². The molecular weight excluding hydrogens is 522 g/mol. The molecule has 7 rings (SSSR count). The largest absolute Gasteiger partial charge is 0.306 e. The molecule has 40 heavy (non-hydrogen) atoms. The lowest BCUT2D eigenvalue weighted by atomic mass is 9.76. The molecule has 2 saturated heterocycles. The summed E-state index contributed by atoms with van der Waals surface area (Å²) >= 11 is 6.26. The molecule has 0 saturated carbocycles. The molecule has 2 fully saturated rings. The molecule has 1 spiro atoms. The van der Waals surface area contributed by atoms with Gasteiger partial charge in [0, 0.05) is 22.3 Å². The topological polar surface area (TPSA) is 69.7 Å². The molecule has 0 bridgehead atoms. The van der Waals surface area contributed by atoms with E-state index in [1.807, 2.05) is 84.9 Å². The van der Waals surface area contributed by atoms with Crippen LogP contribution in [0.1, 0.15) is 16.7 Å². The number of imide groups is 1. The number of carbonyl (C=O) groups is 3. The van der Waals surface area contributed by atoms with Gasteiger partial charge in [-0.3, -0.25) is 19.7 Å². The first-order chi connectivity index (χ1) is 19.5. The van der Waals surface area contributed by atoms with Gasteiger partial charge in [-0.15, -0.1) is 0 Å². The average molecular weight is 548 g/mol. The molecule has 3 heterocycles. The van der Waals surface area contributed by atoms with Crippen molar-refractivity contribution in [3.8, 4) is 0 Å². The molecule has 4 aromatic rings. The Morgan fingerprint density at radius 3 is 2.15 bits per heavy atom. The fourth-order valence-corrected chi connectivity index (χ4v) is 6.97. The second kappa shape index (κ2) is 9.44. The van der Waals surface area contributed by atoms with Crippen LogP contribution in [0.25, 0.3) is 0 Å². The number of hydrogen-bond acceptors (Lipinski definition) is 4. The normalized spacial score (nSPS) is 25.1. The van der Waals surface area contributed by atoms with Crippen molar-refractivity contribution in [2.45, 2.75) is 24.5 Å². The minimum Gasteiger partial charge on any atom is -0.306 e. The van der Waals surface area contributed by atoms with Crippen LogP contribution in [0.3, 0.4) is 0 Å². The molecule has 7 heteroatoms. The average Bonchev–Trinajstić information content (AvgIpc) is 3.53. The zero-order chi connectivity index (χ0) is 27.4. The number of anilines is 2. The number of halogens is 1. The number of para-hydroxylation sites is 1. The first kappa shape index (κ1) is 24.8. The van der Waals surface area contributed by atoms with Gasteiger partial charge in [0.15, 0.2) is 0 Å². The summed E-state index contributed by atoms with van der Waals surface area (Å²) in [6.07, 6.45) is 0.500. The highest BCUT2D eigenvalue weighted by atomic mass is 35.5. The number of fused-ring (bicyclic) bond motifs is 4. The van der Waals surface area contributed by atoms with Gasteiger partial charge in [-0.2, -0.15) is 0 Å². The Morgan fingerprint density at radius 2 is 1.43 bits per heavy atom. The van der Waals surface area contributed by atoms with E-state index in [1.54, 1.807) is 29.2 Å². The van der Waals surface area contributed by atoms with Crippen LogP contribution in [0.2, 0.25) is 5.02 Å². The Hall–Kier alpha value is -4.26. The van der Waals surface area contributed by atoms with Gasteiger partial charge in [0.2, 0.25) is 11.8 Å². The number of nitrogens with one attached hydrogen (secondary N) is 1. The monoisotopic (exact) mass is 547 g/mol. The lowest BCUT2D eigenvalue weighted by molar-refractivity contribution is -0.132. The second-order valence-electron chi connectivity index (χ2n) is 10.6. The molecule has 3 aliphatic heterocycles. The predicted molar refractivity (Wildman–Crippen MR) is 154 cm³/mol. The van der Waals surface area contributed by atoms with Crippen LogP contribution in [0.4, 0.5) is 11.4 Å². The first-order valence-electron chi connectivity index (χ1n) is 13.4. The zero-order valence-electron chi connectivity index (χ0n) is 21.5. The van der Waals surface area contributed by atoms with Gasteiger partial charge in [-0.1, -0.05) is 96.5 Å². The number of rotatable bonds is 5. The summed E-state index contributed by atoms with van der Waals surface area (Å²) in [7, 11) is 0. The van der Waals surface area contributed by atoms with Gasteiger partial charge in [-0.05, 0) is 41.8 Å². The van der Waals surface area contributed by atoms with E-state index in [1.165, 1.54) is 4.90 Å². The maximum atomic E-state index is 14.6. The molecule has 0 unspecified atom stereocenters. The van der Waals surface area contributed by atoms with E-state index in [0.717, 1.165) is 22.4 Å². The third-order valence-electron chi connectivity index (χ3n) is 8.41. The van der Waals surface area contributed by atoms with Crippen molar-refractivity contribution in [1.82, 2.24) is 5.32 Å². The SMILES string of the molecule is O=C1[C@@H]2[C@H](Cc3ccccc3)N[C@]3(C(=O)N(Cc4ccccc4)c4ccccc43)[C@@H]2C(=O)N1c1cccc(Cl)c1. The molecular formula is C33H26ClN3O3. The number of hydrogen-bond donors (Lipinski definition) is 1. The Bertz CT molecular complexity index is 1640. The quantitative estimate of drug-likeness (QED) is 0.353. The van der Waals surface area contributed by atoms with Crippen LogP contribution in [0.15, 0.2) is 109 Å².